The fraction of sp³-hybridized carbons (Fsp3) is 0.120. The molecule has 5 nitrogen and oxygen atoms in total. The van der Waals surface area contributed by atoms with Crippen LogP contribution in [0.15, 0.2) is 72.8 Å². The number of hydrogen-bond donors (Lipinski definition) is 3. The predicted octanol–water partition coefficient (Wildman–Crippen LogP) is 4.14. The molecule has 3 aromatic carbocycles. The van der Waals surface area contributed by atoms with Crippen LogP contribution in [0.2, 0.25) is 0 Å². The first-order chi connectivity index (χ1) is 14.6. The van der Waals surface area contributed by atoms with E-state index in [-0.39, 0.29) is 5.84 Å². The summed E-state index contributed by atoms with van der Waals surface area (Å²) in [5.41, 5.74) is 11.5. The van der Waals surface area contributed by atoms with Crippen molar-refractivity contribution in [2.45, 2.75) is 13.5 Å². The lowest BCUT2D eigenvalue weighted by Gasteiger charge is -2.07. The Balaban J connectivity index is 1.43. The van der Waals surface area contributed by atoms with E-state index >= 15 is 0 Å². The second-order valence-corrected chi connectivity index (χ2v) is 7.08. The van der Waals surface area contributed by atoms with E-state index in [4.69, 9.17) is 11.1 Å². The number of nitrogens with two attached hydrogens (primary N) is 1. The number of aromatic nitrogens is 2. The standard InChI is InChI=1S/C25H23N5/c1-18-29-23-9-2-3-10-24(23)30(18)17-20-7-4-6-19(16-20)8-5-15-28-22-13-11-21(12-14-22)25(26)27/h2-4,6-7,9-14,16,28H,15,17H2,1H3,(H3,26,27). The normalized spacial score (nSPS) is 10.4. The van der Waals surface area contributed by atoms with Gasteiger partial charge in [-0.2, -0.15) is 0 Å². The summed E-state index contributed by atoms with van der Waals surface area (Å²) in [6.07, 6.45) is 0. The highest BCUT2D eigenvalue weighted by atomic mass is 15.1. The lowest BCUT2D eigenvalue weighted by Crippen LogP contribution is -2.10. The van der Waals surface area contributed by atoms with Crippen molar-refractivity contribution >= 4 is 22.6 Å². The number of fused-ring (bicyclic) bond motifs is 1. The van der Waals surface area contributed by atoms with Crippen molar-refractivity contribution in [3.05, 3.63) is 95.3 Å². The Kier molecular flexibility index (Phi) is 5.49. The van der Waals surface area contributed by atoms with Crippen LogP contribution < -0.4 is 11.1 Å². The molecule has 0 saturated heterocycles. The molecule has 4 aromatic rings. The molecule has 0 aliphatic heterocycles. The molecule has 0 atom stereocenters. The molecule has 0 unspecified atom stereocenters. The van der Waals surface area contributed by atoms with Gasteiger partial charge in [-0.3, -0.25) is 5.41 Å². The van der Waals surface area contributed by atoms with Crippen molar-refractivity contribution < 1.29 is 0 Å². The van der Waals surface area contributed by atoms with Gasteiger partial charge in [0.2, 0.25) is 0 Å². The van der Waals surface area contributed by atoms with Gasteiger partial charge in [0.1, 0.15) is 11.7 Å². The SMILES string of the molecule is Cc1nc2ccccc2n1Cc1cccc(C#CCNc2ccc(C(=N)N)cc2)c1. The Labute approximate surface area is 176 Å². The minimum absolute atomic E-state index is 0.0695. The molecular formula is C25H23N5. The zero-order valence-electron chi connectivity index (χ0n) is 16.8. The lowest BCUT2D eigenvalue weighted by atomic mass is 10.1. The molecule has 0 aliphatic carbocycles. The van der Waals surface area contributed by atoms with Crippen LogP contribution >= 0.6 is 0 Å². The van der Waals surface area contributed by atoms with E-state index in [1.54, 1.807) is 0 Å². The Morgan fingerprint density at radius 2 is 1.87 bits per heavy atom. The first-order valence-electron chi connectivity index (χ1n) is 9.78. The van der Waals surface area contributed by atoms with E-state index in [0.29, 0.717) is 12.1 Å². The molecule has 0 aliphatic rings. The Morgan fingerprint density at radius 3 is 2.67 bits per heavy atom. The van der Waals surface area contributed by atoms with Crippen molar-refractivity contribution in [1.29, 1.82) is 5.41 Å². The predicted molar refractivity (Wildman–Crippen MR) is 123 cm³/mol. The Hall–Kier alpha value is -4.04. The number of benzene rings is 3. The number of nitrogens with one attached hydrogen (secondary N) is 2. The van der Waals surface area contributed by atoms with Gasteiger partial charge < -0.3 is 15.6 Å². The fourth-order valence-corrected chi connectivity index (χ4v) is 3.39. The molecule has 0 spiro atoms. The van der Waals surface area contributed by atoms with Crippen LogP contribution in [0.25, 0.3) is 11.0 Å². The van der Waals surface area contributed by atoms with Crippen molar-refractivity contribution in [2.75, 3.05) is 11.9 Å². The highest BCUT2D eigenvalue weighted by molar-refractivity contribution is 5.95. The van der Waals surface area contributed by atoms with Gasteiger partial charge in [-0.15, -0.1) is 0 Å². The largest absolute Gasteiger partial charge is 0.384 e. The number of nitrogen functional groups attached to an aromatic ring is 1. The topological polar surface area (TPSA) is 79.7 Å². The quantitative estimate of drug-likeness (QED) is 0.271. The van der Waals surface area contributed by atoms with Gasteiger partial charge in [0.15, 0.2) is 0 Å². The zero-order valence-corrected chi connectivity index (χ0v) is 16.8. The van der Waals surface area contributed by atoms with E-state index < -0.39 is 0 Å². The van der Waals surface area contributed by atoms with Crippen LogP contribution in [0.3, 0.4) is 0 Å². The second kappa shape index (κ2) is 8.54. The third kappa shape index (κ3) is 4.34. The summed E-state index contributed by atoms with van der Waals surface area (Å²) in [5, 5.41) is 10.7. The van der Waals surface area contributed by atoms with E-state index in [1.807, 2.05) is 61.5 Å². The molecule has 0 bridgehead atoms. The molecule has 4 rings (SSSR count). The maximum Gasteiger partial charge on any atom is 0.122 e. The molecule has 4 N–H and O–H groups in total. The van der Waals surface area contributed by atoms with E-state index in [9.17, 15) is 0 Å². The average molecular weight is 393 g/mol. The number of rotatable bonds is 5. The number of imidazole rings is 1. The van der Waals surface area contributed by atoms with Gasteiger partial charge in [-0.05, 0) is 61.0 Å². The van der Waals surface area contributed by atoms with Crippen LogP contribution in [-0.4, -0.2) is 21.9 Å². The molecule has 0 fully saturated rings. The summed E-state index contributed by atoms with van der Waals surface area (Å²) in [7, 11) is 0. The molecule has 1 aromatic heterocycles. The minimum Gasteiger partial charge on any atom is -0.384 e. The Morgan fingerprint density at radius 1 is 1.07 bits per heavy atom. The molecule has 0 radical (unpaired) electrons. The van der Waals surface area contributed by atoms with Gasteiger partial charge in [-0.25, -0.2) is 4.98 Å². The number of anilines is 1. The van der Waals surface area contributed by atoms with Gasteiger partial charge in [0.25, 0.3) is 0 Å². The number of nitrogens with zero attached hydrogens (tertiary/aromatic N) is 2. The molecule has 1 heterocycles. The molecular weight excluding hydrogens is 370 g/mol. The summed E-state index contributed by atoms with van der Waals surface area (Å²) in [4.78, 5) is 4.64. The van der Waals surface area contributed by atoms with Crippen LogP contribution in [0, 0.1) is 24.2 Å². The van der Waals surface area contributed by atoms with Crippen molar-refractivity contribution in [3.8, 4) is 11.8 Å². The van der Waals surface area contributed by atoms with Crippen molar-refractivity contribution in [1.82, 2.24) is 9.55 Å². The highest BCUT2D eigenvalue weighted by Gasteiger charge is 2.07. The number of hydrogen-bond acceptors (Lipinski definition) is 3. The number of aryl methyl sites for hydroxylation is 1. The first kappa shape index (κ1) is 19.3. The van der Waals surface area contributed by atoms with Gasteiger partial charge in [-0.1, -0.05) is 36.1 Å². The fourth-order valence-electron chi connectivity index (χ4n) is 3.39. The summed E-state index contributed by atoms with van der Waals surface area (Å²) < 4.78 is 2.23. The van der Waals surface area contributed by atoms with Crippen molar-refractivity contribution in [2.24, 2.45) is 5.73 Å². The highest BCUT2D eigenvalue weighted by Crippen LogP contribution is 2.18. The third-order valence-electron chi connectivity index (χ3n) is 4.92. The summed E-state index contributed by atoms with van der Waals surface area (Å²) in [5.74, 6) is 7.47. The maximum atomic E-state index is 7.43. The van der Waals surface area contributed by atoms with Gasteiger partial charge >= 0.3 is 0 Å². The van der Waals surface area contributed by atoms with E-state index in [1.165, 1.54) is 5.56 Å². The average Bonchev–Trinajstić information content (AvgIpc) is 3.07. The molecule has 0 amide bonds. The smallest absolute Gasteiger partial charge is 0.122 e. The van der Waals surface area contributed by atoms with Gasteiger partial charge in [0, 0.05) is 23.4 Å². The number of para-hydroxylation sites is 2. The Bertz CT molecular complexity index is 1260. The van der Waals surface area contributed by atoms with E-state index in [2.05, 4.69) is 44.9 Å². The monoisotopic (exact) mass is 393 g/mol. The number of amidine groups is 1. The summed E-state index contributed by atoms with van der Waals surface area (Å²) in [6, 6.07) is 24.0. The summed E-state index contributed by atoms with van der Waals surface area (Å²) >= 11 is 0. The molecule has 5 heteroatoms. The van der Waals surface area contributed by atoms with E-state index in [0.717, 1.165) is 34.7 Å². The minimum atomic E-state index is 0.0695. The van der Waals surface area contributed by atoms with Crippen LogP contribution in [0.4, 0.5) is 5.69 Å². The van der Waals surface area contributed by atoms with Crippen LogP contribution in [0.5, 0.6) is 0 Å². The molecule has 30 heavy (non-hydrogen) atoms. The van der Waals surface area contributed by atoms with Gasteiger partial charge in [0.05, 0.1) is 17.6 Å². The van der Waals surface area contributed by atoms with Crippen molar-refractivity contribution in [3.63, 3.8) is 0 Å². The summed E-state index contributed by atoms with van der Waals surface area (Å²) in [6.45, 7) is 3.34. The first-order valence-corrected chi connectivity index (χ1v) is 9.78. The molecule has 0 saturated carbocycles. The molecule has 148 valence electrons. The van der Waals surface area contributed by atoms with Crippen LogP contribution in [-0.2, 0) is 6.54 Å². The zero-order chi connectivity index (χ0) is 20.9. The lowest BCUT2D eigenvalue weighted by molar-refractivity contribution is 0.786. The van der Waals surface area contributed by atoms with Crippen LogP contribution in [0.1, 0.15) is 22.5 Å². The maximum absolute atomic E-state index is 7.43. The third-order valence-corrected chi connectivity index (χ3v) is 4.92. The second-order valence-electron chi connectivity index (χ2n) is 7.08.